The smallest absolute Gasteiger partial charge is 0.348 e. The highest BCUT2D eigenvalue weighted by atomic mass is 32.1. The summed E-state index contributed by atoms with van der Waals surface area (Å²) >= 11 is 5.61. The zero-order chi connectivity index (χ0) is 21.5. The molecule has 2 unspecified atom stereocenters. The molecule has 0 aliphatic carbocycles. The summed E-state index contributed by atoms with van der Waals surface area (Å²) in [4.78, 5) is 9.03. The van der Waals surface area contributed by atoms with E-state index in [9.17, 15) is 13.2 Å². The summed E-state index contributed by atoms with van der Waals surface area (Å²) in [6, 6.07) is 9.51. The molecular weight excluding hydrogens is 409 g/mol. The van der Waals surface area contributed by atoms with Crippen LogP contribution in [0.1, 0.15) is 22.4 Å². The summed E-state index contributed by atoms with van der Waals surface area (Å²) in [6.07, 6.45) is -4.29. The van der Waals surface area contributed by atoms with Crippen LogP contribution in [0.5, 0.6) is 0 Å². The third kappa shape index (κ3) is 4.75. The number of anilines is 1. The molecule has 0 amide bonds. The van der Waals surface area contributed by atoms with E-state index < -0.39 is 11.7 Å². The maximum absolute atomic E-state index is 12.7. The minimum absolute atomic E-state index is 0.520. The molecule has 2 atom stereocenters. The first-order valence-corrected chi connectivity index (χ1v) is 10.5. The molecule has 2 fully saturated rings. The number of halogens is 3. The van der Waals surface area contributed by atoms with Crippen LogP contribution in [0.2, 0.25) is 0 Å². The first kappa shape index (κ1) is 21.1. The number of aryl methyl sites for hydroxylation is 2. The van der Waals surface area contributed by atoms with E-state index in [4.69, 9.17) is 12.2 Å². The number of nitrogens with one attached hydrogen (secondary N) is 1. The Morgan fingerprint density at radius 3 is 2.27 bits per heavy atom. The standard InChI is InChI=1S/C22H25F3N4S/c1-14-7-15(2)26-20(8-14)27-21(30)29-12-17-10-28(11-18(17)13-29)9-16-3-5-19(6-4-16)22(23,24)25/h3-8,17-18H,9-13H2,1-2H3,(H,26,27,30). The van der Waals surface area contributed by atoms with E-state index in [0.717, 1.165) is 48.8 Å². The molecule has 0 saturated carbocycles. The number of hydrogen-bond donors (Lipinski definition) is 1. The molecule has 0 radical (unpaired) electrons. The Kier molecular flexibility index (Phi) is 5.72. The van der Waals surface area contributed by atoms with Crippen LogP contribution in [0.4, 0.5) is 19.0 Å². The average molecular weight is 435 g/mol. The molecule has 0 bridgehead atoms. The van der Waals surface area contributed by atoms with E-state index in [-0.39, 0.29) is 0 Å². The molecule has 2 aliphatic heterocycles. The molecule has 1 N–H and O–H groups in total. The lowest BCUT2D eigenvalue weighted by Gasteiger charge is -2.24. The molecule has 4 rings (SSSR count). The highest BCUT2D eigenvalue weighted by Gasteiger charge is 2.40. The predicted molar refractivity (Wildman–Crippen MR) is 115 cm³/mol. The van der Waals surface area contributed by atoms with Gasteiger partial charge >= 0.3 is 6.18 Å². The van der Waals surface area contributed by atoms with Crippen LogP contribution in [-0.2, 0) is 12.7 Å². The number of pyridine rings is 1. The number of alkyl halides is 3. The van der Waals surface area contributed by atoms with E-state index in [2.05, 4.69) is 20.1 Å². The van der Waals surface area contributed by atoms with Crippen LogP contribution in [-0.4, -0.2) is 46.1 Å². The molecule has 1 aromatic carbocycles. The minimum Gasteiger partial charge on any atom is -0.348 e. The second-order valence-corrected chi connectivity index (χ2v) is 8.80. The van der Waals surface area contributed by atoms with Crippen molar-refractivity contribution < 1.29 is 13.2 Å². The van der Waals surface area contributed by atoms with E-state index in [0.29, 0.717) is 23.5 Å². The first-order valence-electron chi connectivity index (χ1n) is 10.1. The number of benzene rings is 1. The van der Waals surface area contributed by atoms with E-state index >= 15 is 0 Å². The second-order valence-electron chi connectivity index (χ2n) is 8.42. The van der Waals surface area contributed by atoms with Crippen molar-refractivity contribution in [3.63, 3.8) is 0 Å². The fraction of sp³-hybridized carbons (Fsp3) is 0.455. The Morgan fingerprint density at radius 1 is 1.07 bits per heavy atom. The van der Waals surface area contributed by atoms with Gasteiger partial charge in [-0.3, -0.25) is 4.90 Å². The van der Waals surface area contributed by atoms with Gasteiger partial charge in [0.05, 0.1) is 5.56 Å². The van der Waals surface area contributed by atoms with Gasteiger partial charge in [0, 0.05) is 38.4 Å². The Hall–Kier alpha value is -2.19. The summed E-state index contributed by atoms with van der Waals surface area (Å²) in [5, 5.41) is 3.97. The number of rotatable bonds is 3. The van der Waals surface area contributed by atoms with Crippen molar-refractivity contribution in [3.8, 4) is 0 Å². The monoisotopic (exact) mass is 434 g/mol. The molecule has 4 nitrogen and oxygen atoms in total. The van der Waals surface area contributed by atoms with Crippen molar-refractivity contribution in [2.45, 2.75) is 26.6 Å². The summed E-state index contributed by atoms with van der Waals surface area (Å²) in [6.45, 7) is 8.34. The zero-order valence-corrected chi connectivity index (χ0v) is 17.9. The Bertz CT molecular complexity index is 895. The Labute approximate surface area is 180 Å². The molecule has 2 aromatic rings. The lowest BCUT2D eigenvalue weighted by atomic mass is 10.0. The number of likely N-dealkylation sites (tertiary alicyclic amines) is 2. The average Bonchev–Trinajstić information content (AvgIpc) is 3.19. The van der Waals surface area contributed by atoms with Gasteiger partial charge in [-0.2, -0.15) is 13.2 Å². The van der Waals surface area contributed by atoms with Crippen molar-refractivity contribution in [3.05, 3.63) is 58.8 Å². The Balaban J connectivity index is 1.30. The number of aromatic nitrogens is 1. The molecule has 2 aliphatic rings. The van der Waals surface area contributed by atoms with Gasteiger partial charge in [0.25, 0.3) is 0 Å². The SMILES string of the molecule is Cc1cc(C)nc(NC(=S)N2CC3CN(Cc4ccc(C(F)(F)F)cc4)CC3C2)c1. The fourth-order valence-electron chi connectivity index (χ4n) is 4.54. The number of nitrogens with zero attached hydrogens (tertiary/aromatic N) is 3. The highest BCUT2D eigenvalue weighted by molar-refractivity contribution is 7.80. The van der Waals surface area contributed by atoms with Gasteiger partial charge in [-0.15, -0.1) is 0 Å². The Morgan fingerprint density at radius 2 is 1.70 bits per heavy atom. The van der Waals surface area contributed by atoms with Crippen molar-refractivity contribution in [2.75, 3.05) is 31.5 Å². The minimum atomic E-state index is -4.29. The molecule has 1 aromatic heterocycles. The van der Waals surface area contributed by atoms with Crippen LogP contribution in [0.25, 0.3) is 0 Å². The first-order chi connectivity index (χ1) is 14.2. The molecule has 8 heteroatoms. The maximum atomic E-state index is 12.7. The predicted octanol–water partition coefficient (Wildman–Crippen LogP) is 4.48. The van der Waals surface area contributed by atoms with Crippen LogP contribution in [0, 0.1) is 25.7 Å². The van der Waals surface area contributed by atoms with Crippen molar-refractivity contribution in [1.82, 2.24) is 14.8 Å². The fourth-order valence-corrected chi connectivity index (χ4v) is 4.79. The zero-order valence-electron chi connectivity index (χ0n) is 17.0. The van der Waals surface area contributed by atoms with Gasteiger partial charge in [0.15, 0.2) is 5.11 Å². The van der Waals surface area contributed by atoms with Crippen LogP contribution in [0.3, 0.4) is 0 Å². The van der Waals surface area contributed by atoms with E-state index in [1.54, 1.807) is 12.1 Å². The third-order valence-corrected chi connectivity index (χ3v) is 6.23. The van der Waals surface area contributed by atoms with E-state index in [1.807, 2.05) is 26.0 Å². The lowest BCUT2D eigenvalue weighted by Crippen LogP contribution is -2.36. The maximum Gasteiger partial charge on any atom is 0.416 e. The van der Waals surface area contributed by atoms with Crippen LogP contribution >= 0.6 is 12.2 Å². The van der Waals surface area contributed by atoms with E-state index in [1.165, 1.54) is 12.1 Å². The van der Waals surface area contributed by atoms with Crippen molar-refractivity contribution in [1.29, 1.82) is 0 Å². The van der Waals surface area contributed by atoms with Gasteiger partial charge in [-0.1, -0.05) is 12.1 Å². The quantitative estimate of drug-likeness (QED) is 0.720. The number of fused-ring (bicyclic) bond motifs is 1. The second kappa shape index (κ2) is 8.15. The van der Waals surface area contributed by atoms with Crippen LogP contribution < -0.4 is 5.32 Å². The summed E-state index contributed by atoms with van der Waals surface area (Å²) < 4.78 is 38.2. The van der Waals surface area contributed by atoms with Gasteiger partial charge in [0.1, 0.15) is 5.82 Å². The van der Waals surface area contributed by atoms with Crippen LogP contribution in [0.15, 0.2) is 36.4 Å². The van der Waals surface area contributed by atoms with Gasteiger partial charge in [-0.05, 0) is 73.3 Å². The van der Waals surface area contributed by atoms with Gasteiger partial charge < -0.3 is 10.2 Å². The summed E-state index contributed by atoms with van der Waals surface area (Å²) in [5.41, 5.74) is 2.42. The largest absolute Gasteiger partial charge is 0.416 e. The molecule has 0 spiro atoms. The van der Waals surface area contributed by atoms with Gasteiger partial charge in [0.2, 0.25) is 0 Å². The molecule has 160 valence electrons. The summed E-state index contributed by atoms with van der Waals surface area (Å²) in [5.74, 6) is 1.82. The molecule has 30 heavy (non-hydrogen) atoms. The molecule has 2 saturated heterocycles. The number of hydrogen-bond acceptors (Lipinski definition) is 3. The highest BCUT2D eigenvalue weighted by Crippen LogP contribution is 2.33. The van der Waals surface area contributed by atoms with Gasteiger partial charge in [-0.25, -0.2) is 4.98 Å². The molecular formula is C22H25F3N4S. The normalized spacial score (nSPS) is 21.7. The topological polar surface area (TPSA) is 31.4 Å². The lowest BCUT2D eigenvalue weighted by molar-refractivity contribution is -0.137. The number of thiocarbonyl (C=S) groups is 1. The third-order valence-electron chi connectivity index (χ3n) is 5.87. The van der Waals surface area contributed by atoms with Crippen molar-refractivity contribution >= 4 is 23.1 Å². The van der Waals surface area contributed by atoms with Crippen molar-refractivity contribution in [2.24, 2.45) is 11.8 Å². The summed E-state index contributed by atoms with van der Waals surface area (Å²) in [7, 11) is 0. The molecule has 3 heterocycles.